The fourth-order valence-electron chi connectivity index (χ4n) is 4.99. The molecule has 1 N–H and O–H groups in total. The Morgan fingerprint density at radius 2 is 1.36 bits per heavy atom. The first-order chi connectivity index (χ1) is 20.3. The molecule has 1 aliphatic rings. The van der Waals surface area contributed by atoms with Crippen molar-refractivity contribution in [3.05, 3.63) is 120 Å². The molecule has 42 heavy (non-hydrogen) atoms. The van der Waals surface area contributed by atoms with E-state index in [0.717, 1.165) is 16.7 Å². The molecule has 7 heteroatoms. The summed E-state index contributed by atoms with van der Waals surface area (Å²) in [6, 6.07) is 28.8. The zero-order valence-electron chi connectivity index (χ0n) is 24.8. The van der Waals surface area contributed by atoms with Crippen molar-refractivity contribution in [1.82, 2.24) is 4.90 Å². The van der Waals surface area contributed by atoms with E-state index in [0.29, 0.717) is 13.0 Å². The summed E-state index contributed by atoms with van der Waals surface area (Å²) >= 11 is 0. The molecule has 1 aliphatic heterocycles. The Balaban J connectivity index is 1.59. The summed E-state index contributed by atoms with van der Waals surface area (Å²) in [6.45, 7) is 10.4. The largest absolute Gasteiger partial charge is 0.444 e. The van der Waals surface area contributed by atoms with Crippen LogP contribution in [-0.4, -0.2) is 58.7 Å². The Morgan fingerprint density at radius 1 is 0.857 bits per heavy atom. The minimum absolute atomic E-state index is 0.0326. The van der Waals surface area contributed by atoms with Gasteiger partial charge in [-0.2, -0.15) is 0 Å². The summed E-state index contributed by atoms with van der Waals surface area (Å²) in [5.41, 5.74) is 2.29. The molecule has 1 fully saturated rings. The molecule has 1 saturated heterocycles. The number of rotatable bonds is 15. The molecular formula is C35H43NO6. The van der Waals surface area contributed by atoms with Crippen molar-refractivity contribution in [1.29, 1.82) is 0 Å². The van der Waals surface area contributed by atoms with Crippen LogP contribution in [0.2, 0.25) is 0 Å². The van der Waals surface area contributed by atoms with Gasteiger partial charge in [0.1, 0.15) is 23.9 Å². The van der Waals surface area contributed by atoms with Gasteiger partial charge in [-0.05, 0) is 43.9 Å². The zero-order valence-corrected chi connectivity index (χ0v) is 24.8. The van der Waals surface area contributed by atoms with Gasteiger partial charge in [0.25, 0.3) is 0 Å². The van der Waals surface area contributed by atoms with Gasteiger partial charge in [0.05, 0.1) is 38.5 Å². The second kappa shape index (κ2) is 15.1. The summed E-state index contributed by atoms with van der Waals surface area (Å²) in [5, 5.41) is 11.6. The number of nitrogens with zero attached hydrogens (tertiary/aromatic N) is 1. The third kappa shape index (κ3) is 9.26. The molecular weight excluding hydrogens is 530 g/mol. The number of ether oxygens (including phenoxy) is 4. The van der Waals surface area contributed by atoms with E-state index in [9.17, 15) is 9.90 Å². The molecule has 0 aliphatic carbocycles. The fraction of sp³-hybridized carbons (Fsp3) is 0.400. The molecule has 224 valence electrons. The fourth-order valence-corrected chi connectivity index (χ4v) is 4.99. The van der Waals surface area contributed by atoms with Crippen molar-refractivity contribution in [2.45, 2.75) is 83.0 Å². The van der Waals surface area contributed by atoms with Gasteiger partial charge in [0.2, 0.25) is 0 Å². The van der Waals surface area contributed by atoms with Crippen molar-refractivity contribution in [3.63, 3.8) is 0 Å². The SMILES string of the molecule is C=CC[C@@H]1[C@H]([C@@H](OCc2ccccc2)[C@H](OCc2ccccc2)[C@H](O)COCc2ccccc2)N1C(=O)OC(C)(C)C. The van der Waals surface area contributed by atoms with E-state index < -0.39 is 30.0 Å². The number of benzene rings is 3. The van der Waals surface area contributed by atoms with Crippen LogP contribution in [0.4, 0.5) is 4.79 Å². The van der Waals surface area contributed by atoms with E-state index in [1.165, 1.54) is 0 Å². The molecule has 7 nitrogen and oxygen atoms in total. The lowest BCUT2D eigenvalue weighted by Crippen LogP contribution is -2.47. The van der Waals surface area contributed by atoms with Crippen LogP contribution in [0.25, 0.3) is 0 Å². The van der Waals surface area contributed by atoms with Crippen molar-refractivity contribution >= 4 is 6.09 Å². The zero-order chi connectivity index (χ0) is 30.0. The molecule has 0 unspecified atom stereocenters. The molecule has 0 radical (unpaired) electrons. The van der Waals surface area contributed by atoms with Gasteiger partial charge in [0, 0.05) is 0 Å². The van der Waals surface area contributed by atoms with Crippen LogP contribution in [0, 0.1) is 0 Å². The Kier molecular flexibility index (Phi) is 11.3. The van der Waals surface area contributed by atoms with Crippen molar-refractivity contribution in [3.8, 4) is 0 Å². The first kappa shape index (κ1) is 31.4. The van der Waals surface area contributed by atoms with E-state index in [4.69, 9.17) is 18.9 Å². The summed E-state index contributed by atoms with van der Waals surface area (Å²) in [7, 11) is 0. The number of aliphatic hydroxyl groups excluding tert-OH is 1. The summed E-state index contributed by atoms with van der Waals surface area (Å²) < 4.78 is 24.7. The van der Waals surface area contributed by atoms with E-state index in [1.807, 2.05) is 112 Å². The molecule has 5 atom stereocenters. The minimum atomic E-state index is -1.02. The van der Waals surface area contributed by atoms with Gasteiger partial charge in [-0.25, -0.2) is 4.79 Å². The lowest BCUT2D eigenvalue weighted by molar-refractivity contribution is -0.150. The normalized spacial score (nSPS) is 18.6. The second-order valence-electron chi connectivity index (χ2n) is 11.6. The quantitative estimate of drug-likeness (QED) is 0.170. The van der Waals surface area contributed by atoms with Crippen LogP contribution in [0.15, 0.2) is 104 Å². The van der Waals surface area contributed by atoms with Crippen LogP contribution >= 0.6 is 0 Å². The summed E-state index contributed by atoms with van der Waals surface area (Å²) in [6.07, 6.45) is -0.569. The highest BCUT2D eigenvalue weighted by atomic mass is 16.6. The number of amides is 1. The van der Waals surface area contributed by atoms with Gasteiger partial charge in [-0.1, -0.05) is 97.1 Å². The highest BCUT2D eigenvalue weighted by Crippen LogP contribution is 2.40. The third-order valence-corrected chi connectivity index (χ3v) is 7.01. The predicted molar refractivity (Wildman–Crippen MR) is 163 cm³/mol. The number of aliphatic hydroxyl groups is 1. The van der Waals surface area contributed by atoms with E-state index >= 15 is 0 Å². The van der Waals surface area contributed by atoms with E-state index in [1.54, 1.807) is 11.0 Å². The molecule has 0 spiro atoms. The lowest BCUT2D eigenvalue weighted by atomic mass is 10.0. The molecule has 0 aromatic heterocycles. The molecule has 3 aromatic rings. The molecule has 3 aromatic carbocycles. The second-order valence-corrected chi connectivity index (χ2v) is 11.6. The molecule has 1 amide bonds. The summed E-state index contributed by atoms with van der Waals surface area (Å²) in [5.74, 6) is 0. The third-order valence-electron chi connectivity index (χ3n) is 7.01. The van der Waals surface area contributed by atoms with Crippen LogP contribution in [0.1, 0.15) is 43.9 Å². The van der Waals surface area contributed by atoms with Crippen molar-refractivity contribution in [2.75, 3.05) is 6.61 Å². The first-order valence-corrected chi connectivity index (χ1v) is 14.5. The maximum Gasteiger partial charge on any atom is 0.411 e. The van der Waals surface area contributed by atoms with Crippen LogP contribution in [0.5, 0.6) is 0 Å². The highest BCUT2D eigenvalue weighted by molar-refractivity contribution is 5.73. The lowest BCUT2D eigenvalue weighted by Gasteiger charge is -2.31. The number of hydrogen-bond donors (Lipinski definition) is 1. The van der Waals surface area contributed by atoms with E-state index in [-0.39, 0.29) is 31.9 Å². The van der Waals surface area contributed by atoms with Crippen LogP contribution in [0.3, 0.4) is 0 Å². The van der Waals surface area contributed by atoms with Gasteiger partial charge in [-0.15, -0.1) is 6.58 Å². The topological polar surface area (TPSA) is 77.2 Å². The monoisotopic (exact) mass is 573 g/mol. The maximum atomic E-state index is 13.3. The maximum absolute atomic E-state index is 13.3. The van der Waals surface area contributed by atoms with Crippen LogP contribution < -0.4 is 0 Å². The Labute approximate surface area is 249 Å². The Bertz CT molecular complexity index is 1230. The average Bonchev–Trinajstić information content (AvgIpc) is 3.69. The molecule has 0 bridgehead atoms. The van der Waals surface area contributed by atoms with Crippen LogP contribution in [-0.2, 0) is 38.8 Å². The number of carbonyl (C=O) groups excluding carboxylic acids is 1. The Morgan fingerprint density at radius 3 is 1.86 bits per heavy atom. The average molecular weight is 574 g/mol. The Hall–Kier alpha value is -3.49. The smallest absolute Gasteiger partial charge is 0.411 e. The molecule has 4 rings (SSSR count). The minimum Gasteiger partial charge on any atom is -0.444 e. The van der Waals surface area contributed by atoms with Gasteiger partial charge < -0.3 is 24.1 Å². The first-order valence-electron chi connectivity index (χ1n) is 14.5. The van der Waals surface area contributed by atoms with Gasteiger partial charge in [0.15, 0.2) is 0 Å². The van der Waals surface area contributed by atoms with Gasteiger partial charge >= 0.3 is 6.09 Å². The predicted octanol–water partition coefficient (Wildman–Crippen LogP) is 6.30. The highest BCUT2D eigenvalue weighted by Gasteiger charge is 2.59. The number of carbonyl (C=O) groups is 1. The van der Waals surface area contributed by atoms with Gasteiger partial charge in [-0.3, -0.25) is 4.90 Å². The summed E-state index contributed by atoms with van der Waals surface area (Å²) in [4.78, 5) is 15.0. The molecule has 0 saturated carbocycles. The number of hydrogen-bond acceptors (Lipinski definition) is 6. The van der Waals surface area contributed by atoms with E-state index in [2.05, 4.69) is 6.58 Å². The van der Waals surface area contributed by atoms with Crippen molar-refractivity contribution < 1.29 is 28.8 Å². The molecule has 1 heterocycles. The standard InChI is InChI=1S/C35H43NO6/c1-5-15-29-31(36(29)34(38)42-35(2,3)4)33(41-24-28-20-13-8-14-21-28)32(40-23-27-18-11-7-12-19-27)30(37)25-39-22-26-16-9-6-10-17-26/h5-14,16-21,29-33,37H,1,15,22-25H2,2-4H3/t29-,30-,31-,32-,33-,36?/m1/s1. The van der Waals surface area contributed by atoms with Crippen molar-refractivity contribution in [2.24, 2.45) is 0 Å².